The summed E-state index contributed by atoms with van der Waals surface area (Å²) in [5.41, 5.74) is 6.22. The fourth-order valence-corrected chi connectivity index (χ4v) is 8.40. The molecule has 0 saturated carbocycles. The highest BCUT2D eigenvalue weighted by molar-refractivity contribution is 6.77. The smallest absolute Gasteiger partial charge is 0.131 e. The summed E-state index contributed by atoms with van der Waals surface area (Å²) in [7, 11) is -1.73. The molecule has 27 heavy (non-hydrogen) atoms. The van der Waals surface area contributed by atoms with Gasteiger partial charge in [-0.25, -0.2) is 0 Å². The molecule has 0 amide bonds. The average molecular weight is 372 g/mol. The van der Waals surface area contributed by atoms with Crippen molar-refractivity contribution >= 4 is 24.6 Å². The van der Waals surface area contributed by atoms with Gasteiger partial charge in [0.25, 0.3) is 0 Å². The van der Waals surface area contributed by atoms with Crippen LogP contribution in [0, 0.1) is 0 Å². The molecule has 3 aromatic carbocycles. The van der Waals surface area contributed by atoms with E-state index in [1.807, 2.05) is 0 Å². The second-order valence-corrected chi connectivity index (χ2v) is 13.6. The van der Waals surface area contributed by atoms with E-state index in [4.69, 9.17) is 0 Å². The molecule has 1 aliphatic carbocycles. The number of hydrogen-bond donors (Lipinski definition) is 1. The quantitative estimate of drug-likeness (QED) is 0.518. The summed E-state index contributed by atoms with van der Waals surface area (Å²) in [6.45, 7) is 11.7. The second-order valence-electron chi connectivity index (χ2n) is 9.27. The van der Waals surface area contributed by atoms with Gasteiger partial charge >= 0.3 is 0 Å². The van der Waals surface area contributed by atoms with Crippen LogP contribution in [-0.4, -0.2) is 13.8 Å². The summed E-state index contributed by atoms with van der Waals surface area (Å²) in [6, 6.07) is 24.4. The molecule has 0 spiro atoms. The minimum atomic E-state index is -1.73. The molecule has 2 heteroatoms. The Labute approximate surface area is 164 Å². The third-order valence-corrected chi connectivity index (χ3v) is 8.90. The maximum Gasteiger partial charge on any atom is 0.131 e. The summed E-state index contributed by atoms with van der Waals surface area (Å²) in [4.78, 5) is 3.98. The molecule has 3 aromatic rings. The molecule has 1 nitrogen and oxygen atoms in total. The topological polar surface area (TPSA) is 12.0 Å². The first-order valence-electron chi connectivity index (χ1n) is 9.85. The second kappa shape index (κ2) is 6.47. The third-order valence-electron chi connectivity index (χ3n) is 5.47. The number of allylic oxidation sites excluding steroid dienone is 1. The van der Waals surface area contributed by atoms with Crippen LogP contribution in [0.4, 0.5) is 0 Å². The van der Waals surface area contributed by atoms with E-state index in [1.54, 1.807) is 0 Å². The minimum absolute atomic E-state index is 0.126. The van der Waals surface area contributed by atoms with Crippen molar-refractivity contribution in [2.75, 3.05) is 0 Å². The zero-order chi connectivity index (χ0) is 19.2. The summed E-state index contributed by atoms with van der Waals surface area (Å²) in [5.74, 6) is 0. The van der Waals surface area contributed by atoms with Crippen LogP contribution >= 0.6 is 0 Å². The van der Waals surface area contributed by atoms with E-state index >= 15 is 0 Å². The van der Waals surface area contributed by atoms with Crippen molar-refractivity contribution < 1.29 is 0 Å². The Bertz CT molecular complexity index is 1020. The van der Waals surface area contributed by atoms with E-state index in [0.29, 0.717) is 5.54 Å². The molecule has 0 bridgehead atoms. The predicted molar refractivity (Wildman–Crippen MR) is 121 cm³/mol. The van der Waals surface area contributed by atoms with Crippen molar-refractivity contribution in [1.29, 1.82) is 0 Å². The maximum absolute atomic E-state index is 3.98. The van der Waals surface area contributed by atoms with E-state index in [-0.39, 0.29) is 5.54 Å². The highest BCUT2D eigenvalue weighted by Gasteiger charge is 2.39. The predicted octanol–water partition coefficient (Wildman–Crippen LogP) is 6.50. The molecule has 1 unspecified atom stereocenters. The zero-order valence-corrected chi connectivity index (χ0v) is 18.0. The minimum Gasteiger partial charge on any atom is -0.332 e. The van der Waals surface area contributed by atoms with Crippen molar-refractivity contribution in [3.8, 4) is 0 Å². The zero-order valence-electron chi connectivity index (χ0n) is 17.0. The lowest BCUT2D eigenvalue weighted by molar-refractivity contribution is 0.509. The lowest BCUT2D eigenvalue weighted by Gasteiger charge is -2.37. The van der Waals surface area contributed by atoms with E-state index in [9.17, 15) is 0 Å². The molecular formula is C25H29NSi. The van der Waals surface area contributed by atoms with Gasteiger partial charge in [0.05, 0.1) is 0 Å². The van der Waals surface area contributed by atoms with Crippen LogP contribution in [0.3, 0.4) is 0 Å². The summed E-state index contributed by atoms with van der Waals surface area (Å²) in [6.07, 6.45) is 2.54. The SMILES string of the molecule is CC(C)(C)N[Si](C)(C)C1C=C(c2cccc3ccccc23)c2ccccc21. The summed E-state index contributed by atoms with van der Waals surface area (Å²) < 4.78 is 0. The molecule has 0 heterocycles. The fourth-order valence-electron chi connectivity index (χ4n) is 4.70. The molecule has 1 aliphatic rings. The molecule has 0 fully saturated rings. The Kier molecular flexibility index (Phi) is 4.36. The van der Waals surface area contributed by atoms with Crippen molar-refractivity contribution in [3.05, 3.63) is 89.5 Å². The van der Waals surface area contributed by atoms with Gasteiger partial charge in [0.1, 0.15) is 8.24 Å². The van der Waals surface area contributed by atoms with Gasteiger partial charge in [-0.3, -0.25) is 0 Å². The van der Waals surface area contributed by atoms with Crippen LogP contribution in [0.2, 0.25) is 13.1 Å². The standard InChI is InChI=1S/C25H29NSi/c1-25(2,3)26-27(4,5)24-17-23(21-14-8-9-15-22(21)24)20-16-10-12-18-11-6-7-13-19(18)20/h6-17,24,26H,1-5H3. The number of fused-ring (bicyclic) bond motifs is 2. The molecule has 0 radical (unpaired) electrons. The molecule has 0 aliphatic heterocycles. The van der Waals surface area contributed by atoms with Gasteiger partial charge < -0.3 is 4.98 Å². The summed E-state index contributed by atoms with van der Waals surface area (Å²) >= 11 is 0. The number of rotatable bonds is 3. The molecular weight excluding hydrogens is 342 g/mol. The van der Waals surface area contributed by atoms with E-state index in [1.165, 1.54) is 33.0 Å². The van der Waals surface area contributed by atoms with Crippen LogP contribution in [-0.2, 0) is 0 Å². The lowest BCUT2D eigenvalue weighted by atomic mass is 9.94. The van der Waals surface area contributed by atoms with Gasteiger partial charge in [-0.2, -0.15) is 0 Å². The highest BCUT2D eigenvalue weighted by Crippen LogP contribution is 2.44. The lowest BCUT2D eigenvalue weighted by Crippen LogP contribution is -2.57. The number of nitrogens with one attached hydrogen (secondary N) is 1. The van der Waals surface area contributed by atoms with Crippen LogP contribution in [0.5, 0.6) is 0 Å². The van der Waals surface area contributed by atoms with E-state index < -0.39 is 8.24 Å². The van der Waals surface area contributed by atoms with Gasteiger partial charge in [-0.15, -0.1) is 0 Å². The van der Waals surface area contributed by atoms with E-state index in [2.05, 4.69) is 112 Å². The van der Waals surface area contributed by atoms with Gasteiger partial charge in [-0.1, -0.05) is 85.9 Å². The Balaban J connectivity index is 1.88. The Hall–Kier alpha value is -2.16. The Morgan fingerprint density at radius 1 is 0.778 bits per heavy atom. The van der Waals surface area contributed by atoms with Crippen molar-refractivity contribution in [3.63, 3.8) is 0 Å². The molecule has 1 atom stereocenters. The van der Waals surface area contributed by atoms with Crippen molar-refractivity contribution in [2.24, 2.45) is 0 Å². The molecule has 138 valence electrons. The number of benzene rings is 3. The van der Waals surface area contributed by atoms with Gasteiger partial charge in [0.2, 0.25) is 0 Å². The Morgan fingerprint density at radius 3 is 2.19 bits per heavy atom. The molecule has 4 rings (SSSR count). The monoisotopic (exact) mass is 371 g/mol. The highest BCUT2D eigenvalue weighted by atomic mass is 28.3. The molecule has 0 saturated heterocycles. The first kappa shape index (κ1) is 18.2. The number of hydrogen-bond acceptors (Lipinski definition) is 1. The van der Waals surface area contributed by atoms with Gasteiger partial charge in [0.15, 0.2) is 0 Å². The van der Waals surface area contributed by atoms with Crippen LogP contribution in [0.1, 0.15) is 43.0 Å². The first-order valence-corrected chi connectivity index (χ1v) is 12.9. The first-order chi connectivity index (χ1) is 12.8. The van der Waals surface area contributed by atoms with Crippen molar-refractivity contribution in [1.82, 2.24) is 4.98 Å². The van der Waals surface area contributed by atoms with Crippen LogP contribution in [0.25, 0.3) is 16.3 Å². The van der Waals surface area contributed by atoms with E-state index in [0.717, 1.165) is 0 Å². The van der Waals surface area contributed by atoms with Crippen LogP contribution < -0.4 is 4.98 Å². The normalized spacial score (nSPS) is 17.1. The largest absolute Gasteiger partial charge is 0.332 e. The van der Waals surface area contributed by atoms with Gasteiger partial charge in [0, 0.05) is 11.1 Å². The average Bonchev–Trinajstić information content (AvgIpc) is 3.00. The maximum atomic E-state index is 3.98. The third kappa shape index (κ3) is 3.40. The van der Waals surface area contributed by atoms with Crippen molar-refractivity contribution in [2.45, 2.75) is 44.9 Å². The fraction of sp³-hybridized carbons (Fsp3) is 0.280. The van der Waals surface area contributed by atoms with Gasteiger partial charge in [-0.05, 0) is 53.8 Å². The molecule has 1 N–H and O–H groups in total. The summed E-state index contributed by atoms with van der Waals surface area (Å²) in [5, 5.41) is 2.64. The van der Waals surface area contributed by atoms with Crippen LogP contribution in [0.15, 0.2) is 72.8 Å². The Morgan fingerprint density at radius 2 is 1.41 bits per heavy atom. The molecule has 0 aromatic heterocycles.